The van der Waals surface area contributed by atoms with E-state index in [9.17, 15) is 4.79 Å². The molecule has 2 N–H and O–H groups in total. The summed E-state index contributed by atoms with van der Waals surface area (Å²) < 4.78 is 0. The van der Waals surface area contributed by atoms with E-state index in [1.807, 2.05) is 24.3 Å². The van der Waals surface area contributed by atoms with Crippen molar-refractivity contribution in [2.75, 3.05) is 35.2 Å². The first-order chi connectivity index (χ1) is 12.5. The van der Waals surface area contributed by atoms with Crippen LogP contribution in [0.3, 0.4) is 0 Å². The maximum Gasteiger partial charge on any atom is 0.274 e. The molecule has 0 atom stereocenters. The third-order valence-electron chi connectivity index (χ3n) is 4.15. The van der Waals surface area contributed by atoms with Gasteiger partial charge < -0.3 is 15.5 Å². The molecule has 1 amide bonds. The monoisotopic (exact) mass is 355 g/mol. The molecule has 2 aromatic rings. The molecule has 0 fully saturated rings. The smallest absolute Gasteiger partial charge is 0.274 e. The van der Waals surface area contributed by atoms with Crippen molar-refractivity contribution in [3.63, 3.8) is 0 Å². The fourth-order valence-corrected chi connectivity index (χ4v) is 2.58. The Kier molecular flexibility index (Phi) is 7.38. The second-order valence-corrected chi connectivity index (χ2v) is 6.55. The Morgan fingerprint density at radius 3 is 2.42 bits per heavy atom. The van der Waals surface area contributed by atoms with Crippen LogP contribution in [-0.2, 0) is 0 Å². The number of nitrogens with zero attached hydrogens (tertiary/aromatic N) is 3. The van der Waals surface area contributed by atoms with E-state index >= 15 is 0 Å². The molecule has 0 radical (unpaired) electrons. The number of hydrogen-bond donors (Lipinski definition) is 2. The number of carbonyl (C=O) groups is 1. The van der Waals surface area contributed by atoms with Gasteiger partial charge in [-0.1, -0.05) is 13.8 Å². The van der Waals surface area contributed by atoms with Crippen molar-refractivity contribution >= 4 is 23.2 Å². The van der Waals surface area contributed by atoms with Gasteiger partial charge in [-0.25, -0.2) is 9.97 Å². The van der Waals surface area contributed by atoms with E-state index in [1.165, 1.54) is 0 Å². The molecule has 140 valence electrons. The Balaban J connectivity index is 1.99. The second-order valence-electron chi connectivity index (χ2n) is 6.55. The van der Waals surface area contributed by atoms with Crippen molar-refractivity contribution in [1.29, 1.82) is 0 Å². The summed E-state index contributed by atoms with van der Waals surface area (Å²) in [5.41, 5.74) is 2.24. The zero-order valence-corrected chi connectivity index (χ0v) is 16.1. The zero-order valence-electron chi connectivity index (χ0n) is 16.1. The van der Waals surface area contributed by atoms with Crippen LogP contribution in [0.1, 0.15) is 44.6 Å². The number of benzene rings is 1. The van der Waals surface area contributed by atoms with Crippen molar-refractivity contribution in [1.82, 2.24) is 9.97 Å². The zero-order chi connectivity index (χ0) is 18.9. The van der Waals surface area contributed by atoms with Crippen molar-refractivity contribution < 1.29 is 4.79 Å². The summed E-state index contributed by atoms with van der Waals surface area (Å²) in [7, 11) is 0. The topological polar surface area (TPSA) is 70.2 Å². The van der Waals surface area contributed by atoms with Crippen molar-refractivity contribution in [3.05, 3.63) is 42.2 Å². The molecule has 2 rings (SSSR count). The minimum absolute atomic E-state index is 0.241. The van der Waals surface area contributed by atoms with Crippen LogP contribution < -0.4 is 15.5 Å². The molecule has 1 heterocycles. The lowest BCUT2D eigenvalue weighted by atomic mass is 10.1. The quantitative estimate of drug-likeness (QED) is 0.710. The standard InChI is InChI=1S/C20H29N5O/c1-5-25(6-2)17-9-7-16(8-10-17)23-19(26)18-12-14-22-20(24-18)21-13-11-15(3)4/h7-10,12,14-15H,5-6,11,13H2,1-4H3,(H,23,26)(H,21,22,24). The highest BCUT2D eigenvalue weighted by Crippen LogP contribution is 2.18. The number of anilines is 3. The molecule has 0 aliphatic carbocycles. The predicted octanol–water partition coefficient (Wildman–Crippen LogP) is 4.03. The number of nitrogens with one attached hydrogen (secondary N) is 2. The summed E-state index contributed by atoms with van der Waals surface area (Å²) in [5.74, 6) is 0.846. The lowest BCUT2D eigenvalue weighted by Gasteiger charge is -2.21. The first kappa shape index (κ1) is 19.7. The average molecular weight is 355 g/mol. The normalized spacial score (nSPS) is 10.7. The van der Waals surface area contributed by atoms with Crippen molar-refractivity contribution in [3.8, 4) is 0 Å². The van der Waals surface area contributed by atoms with Gasteiger partial charge in [0.25, 0.3) is 5.91 Å². The molecule has 0 unspecified atom stereocenters. The first-order valence-corrected chi connectivity index (χ1v) is 9.26. The van der Waals surface area contributed by atoms with Crippen LogP contribution >= 0.6 is 0 Å². The Hall–Kier alpha value is -2.63. The van der Waals surface area contributed by atoms with Crippen LogP contribution in [0.5, 0.6) is 0 Å². The molecule has 0 bridgehead atoms. The van der Waals surface area contributed by atoms with E-state index < -0.39 is 0 Å². The Bertz CT molecular complexity index is 696. The Morgan fingerprint density at radius 2 is 1.81 bits per heavy atom. The maximum absolute atomic E-state index is 12.4. The minimum atomic E-state index is -0.241. The van der Waals surface area contributed by atoms with Gasteiger partial charge in [0, 0.05) is 37.2 Å². The van der Waals surface area contributed by atoms with Gasteiger partial charge in [-0.05, 0) is 56.5 Å². The summed E-state index contributed by atoms with van der Waals surface area (Å²) in [5, 5.41) is 6.05. The van der Waals surface area contributed by atoms with Gasteiger partial charge in [0.1, 0.15) is 5.69 Å². The molecular formula is C20H29N5O. The first-order valence-electron chi connectivity index (χ1n) is 9.26. The van der Waals surface area contributed by atoms with Crippen LogP contribution in [0.4, 0.5) is 17.3 Å². The molecule has 0 aliphatic rings. The van der Waals surface area contributed by atoms with Gasteiger partial charge in [-0.2, -0.15) is 0 Å². The van der Waals surface area contributed by atoms with Gasteiger partial charge in [-0.15, -0.1) is 0 Å². The third-order valence-corrected chi connectivity index (χ3v) is 4.15. The Morgan fingerprint density at radius 1 is 1.12 bits per heavy atom. The number of carbonyl (C=O) groups excluding carboxylic acids is 1. The summed E-state index contributed by atoms with van der Waals surface area (Å²) in [6, 6.07) is 9.47. The fraction of sp³-hybridized carbons (Fsp3) is 0.450. The third kappa shape index (κ3) is 5.72. The molecule has 0 spiro atoms. The number of amides is 1. The molecule has 6 nitrogen and oxygen atoms in total. The number of hydrogen-bond acceptors (Lipinski definition) is 5. The highest BCUT2D eigenvalue weighted by atomic mass is 16.1. The lowest BCUT2D eigenvalue weighted by molar-refractivity contribution is 0.102. The van der Waals surface area contributed by atoms with E-state index in [0.717, 1.165) is 37.4 Å². The van der Waals surface area contributed by atoms with Gasteiger partial charge in [0.15, 0.2) is 0 Å². The molecule has 26 heavy (non-hydrogen) atoms. The van der Waals surface area contributed by atoms with E-state index in [-0.39, 0.29) is 5.91 Å². The predicted molar refractivity (Wildman–Crippen MR) is 108 cm³/mol. The molecule has 0 saturated heterocycles. The maximum atomic E-state index is 12.4. The largest absolute Gasteiger partial charge is 0.372 e. The highest BCUT2D eigenvalue weighted by Gasteiger charge is 2.10. The lowest BCUT2D eigenvalue weighted by Crippen LogP contribution is -2.21. The van der Waals surface area contributed by atoms with Crippen LogP contribution in [0.25, 0.3) is 0 Å². The van der Waals surface area contributed by atoms with Gasteiger partial charge >= 0.3 is 0 Å². The molecular weight excluding hydrogens is 326 g/mol. The molecule has 0 aliphatic heterocycles. The van der Waals surface area contributed by atoms with Gasteiger partial charge in [-0.3, -0.25) is 4.79 Å². The minimum Gasteiger partial charge on any atom is -0.372 e. The van der Waals surface area contributed by atoms with Crippen LogP contribution in [0.15, 0.2) is 36.5 Å². The summed E-state index contributed by atoms with van der Waals surface area (Å²) in [4.78, 5) is 23.2. The van der Waals surface area contributed by atoms with Crippen LogP contribution in [-0.4, -0.2) is 35.5 Å². The molecule has 6 heteroatoms. The summed E-state index contributed by atoms with van der Waals surface area (Å²) >= 11 is 0. The van der Waals surface area contributed by atoms with Gasteiger partial charge in [0.2, 0.25) is 5.95 Å². The van der Waals surface area contributed by atoms with Crippen LogP contribution in [0, 0.1) is 5.92 Å². The van der Waals surface area contributed by atoms with Gasteiger partial charge in [0.05, 0.1) is 0 Å². The second kappa shape index (κ2) is 9.75. The van der Waals surface area contributed by atoms with Crippen molar-refractivity contribution in [2.24, 2.45) is 5.92 Å². The fourth-order valence-electron chi connectivity index (χ4n) is 2.58. The SMILES string of the molecule is CCN(CC)c1ccc(NC(=O)c2ccnc(NCCC(C)C)n2)cc1. The molecule has 0 saturated carbocycles. The van der Waals surface area contributed by atoms with Crippen molar-refractivity contribution in [2.45, 2.75) is 34.1 Å². The summed E-state index contributed by atoms with van der Waals surface area (Å²) in [6.07, 6.45) is 2.63. The Labute approximate surface area is 156 Å². The van der Waals surface area contributed by atoms with E-state index in [0.29, 0.717) is 17.6 Å². The highest BCUT2D eigenvalue weighted by molar-refractivity contribution is 6.03. The summed E-state index contributed by atoms with van der Waals surface area (Å²) in [6.45, 7) is 11.3. The average Bonchev–Trinajstić information content (AvgIpc) is 2.64. The van der Waals surface area contributed by atoms with E-state index in [2.05, 4.69) is 53.2 Å². The molecule has 1 aromatic heterocycles. The van der Waals surface area contributed by atoms with E-state index in [1.54, 1.807) is 12.3 Å². The number of aromatic nitrogens is 2. The van der Waals surface area contributed by atoms with Crippen LogP contribution in [0.2, 0.25) is 0 Å². The molecule has 1 aromatic carbocycles. The number of rotatable bonds is 9. The van der Waals surface area contributed by atoms with E-state index in [4.69, 9.17) is 0 Å².